The van der Waals surface area contributed by atoms with E-state index >= 15 is 0 Å². The van der Waals surface area contributed by atoms with Crippen LogP contribution in [0.15, 0.2) is 41.8 Å². The Hall–Kier alpha value is -2.67. The fourth-order valence-corrected chi connectivity index (χ4v) is 5.59. The van der Waals surface area contributed by atoms with Gasteiger partial charge in [-0.15, -0.1) is 11.3 Å². The maximum Gasteiger partial charge on any atom is 0.325 e. The number of hydrogen-bond acceptors (Lipinski definition) is 4. The quantitative estimate of drug-likeness (QED) is 0.565. The van der Waals surface area contributed by atoms with Gasteiger partial charge in [0.2, 0.25) is 5.91 Å². The maximum atomic E-state index is 13.1. The van der Waals surface area contributed by atoms with Crippen LogP contribution in [0, 0.1) is 5.92 Å². The van der Waals surface area contributed by atoms with Crippen molar-refractivity contribution in [1.29, 1.82) is 0 Å². The third kappa shape index (κ3) is 4.83. The number of hydrogen-bond donors (Lipinski definition) is 2. The average molecular weight is 468 g/mol. The Bertz CT molecular complexity index is 994. The summed E-state index contributed by atoms with van der Waals surface area (Å²) >= 11 is 1.57. The van der Waals surface area contributed by atoms with E-state index in [2.05, 4.69) is 55.7 Å². The molecule has 0 bridgehead atoms. The molecule has 33 heavy (non-hydrogen) atoms. The van der Waals surface area contributed by atoms with Crippen molar-refractivity contribution in [2.75, 3.05) is 6.54 Å². The molecule has 2 unspecified atom stereocenters. The van der Waals surface area contributed by atoms with Crippen LogP contribution in [0.1, 0.15) is 80.8 Å². The summed E-state index contributed by atoms with van der Waals surface area (Å²) in [6.45, 7) is 6.26. The summed E-state index contributed by atoms with van der Waals surface area (Å²) in [7, 11) is 0. The van der Waals surface area contributed by atoms with Gasteiger partial charge in [-0.1, -0.05) is 51.1 Å². The largest absolute Gasteiger partial charge is 0.343 e. The molecular formula is C26H33N3O3S. The molecule has 2 atom stereocenters. The molecule has 1 aromatic heterocycles. The molecule has 2 fully saturated rings. The number of benzene rings is 1. The van der Waals surface area contributed by atoms with Crippen LogP contribution in [0.3, 0.4) is 0 Å². The molecule has 1 saturated heterocycles. The molecule has 0 radical (unpaired) electrons. The molecule has 1 aliphatic heterocycles. The molecule has 1 aliphatic carbocycles. The Labute approximate surface area is 199 Å². The highest BCUT2D eigenvalue weighted by Gasteiger charge is 2.52. The highest BCUT2D eigenvalue weighted by atomic mass is 32.1. The van der Waals surface area contributed by atoms with E-state index in [1.807, 2.05) is 17.5 Å². The first-order valence-corrected chi connectivity index (χ1v) is 12.8. The monoisotopic (exact) mass is 467 g/mol. The Balaban J connectivity index is 1.48. The summed E-state index contributed by atoms with van der Waals surface area (Å²) in [5.41, 5.74) is 1.42. The number of urea groups is 1. The lowest BCUT2D eigenvalue weighted by molar-refractivity contribution is -0.136. The minimum Gasteiger partial charge on any atom is -0.343 e. The molecule has 2 heterocycles. The maximum absolute atomic E-state index is 13.1. The van der Waals surface area contributed by atoms with Crippen molar-refractivity contribution < 1.29 is 14.4 Å². The number of thiophene rings is 1. The molecular weight excluding hydrogens is 434 g/mol. The van der Waals surface area contributed by atoms with Gasteiger partial charge in [-0.25, -0.2) is 4.79 Å². The van der Waals surface area contributed by atoms with Gasteiger partial charge in [0.15, 0.2) is 0 Å². The Morgan fingerprint density at radius 1 is 1.18 bits per heavy atom. The van der Waals surface area contributed by atoms with Crippen molar-refractivity contribution in [2.24, 2.45) is 5.92 Å². The fraction of sp³-hybridized carbons (Fsp3) is 0.500. The number of carbonyl (C=O) groups is 3. The van der Waals surface area contributed by atoms with Crippen LogP contribution in [0.2, 0.25) is 0 Å². The van der Waals surface area contributed by atoms with Gasteiger partial charge >= 0.3 is 6.03 Å². The average Bonchev–Trinajstić information content (AvgIpc) is 3.43. The van der Waals surface area contributed by atoms with E-state index in [1.54, 1.807) is 11.3 Å². The molecule has 2 aromatic rings. The van der Waals surface area contributed by atoms with E-state index in [0.29, 0.717) is 24.7 Å². The van der Waals surface area contributed by atoms with E-state index < -0.39 is 11.6 Å². The minimum absolute atomic E-state index is 0.264. The molecule has 2 aliphatic rings. The predicted octanol–water partition coefficient (Wildman–Crippen LogP) is 4.97. The first-order chi connectivity index (χ1) is 15.8. The number of imide groups is 1. The standard InChI is InChI=1S/C26H33N3O3S/c1-4-18(3)19-7-9-20(10-8-19)23(21-6-5-15-33-21)27-22(30)16-29-24(31)26(28-25(29)32)13-11-17(2)12-14-26/h5-10,15,17-18,23H,4,11-14,16H2,1-3H3,(H,27,30)(H,28,32). The van der Waals surface area contributed by atoms with Crippen molar-refractivity contribution in [2.45, 2.75) is 70.4 Å². The molecule has 1 aromatic carbocycles. The minimum atomic E-state index is -0.831. The Morgan fingerprint density at radius 3 is 2.45 bits per heavy atom. The number of amides is 4. The van der Waals surface area contributed by atoms with Gasteiger partial charge in [0, 0.05) is 4.88 Å². The first kappa shape index (κ1) is 23.5. The Kier molecular flexibility index (Phi) is 6.88. The lowest BCUT2D eigenvalue weighted by atomic mass is 9.77. The van der Waals surface area contributed by atoms with Gasteiger partial charge in [-0.05, 0) is 66.5 Å². The zero-order valence-corrected chi connectivity index (χ0v) is 20.4. The van der Waals surface area contributed by atoms with Crippen LogP contribution >= 0.6 is 11.3 Å². The van der Waals surface area contributed by atoms with Crippen molar-refractivity contribution >= 4 is 29.2 Å². The molecule has 1 spiro atoms. The zero-order chi connectivity index (χ0) is 23.6. The lowest BCUT2D eigenvalue weighted by Crippen LogP contribution is -2.50. The van der Waals surface area contributed by atoms with Gasteiger partial charge in [0.1, 0.15) is 12.1 Å². The third-order valence-electron chi connectivity index (χ3n) is 7.26. The number of nitrogens with one attached hydrogen (secondary N) is 2. The summed E-state index contributed by atoms with van der Waals surface area (Å²) in [5, 5.41) is 7.93. The van der Waals surface area contributed by atoms with E-state index in [4.69, 9.17) is 0 Å². The van der Waals surface area contributed by atoms with Crippen molar-refractivity contribution in [1.82, 2.24) is 15.5 Å². The lowest BCUT2D eigenvalue weighted by Gasteiger charge is -2.33. The second-order valence-electron chi connectivity index (χ2n) is 9.58. The number of rotatable bonds is 7. The van der Waals surface area contributed by atoms with Gasteiger partial charge in [0.05, 0.1) is 6.04 Å². The van der Waals surface area contributed by atoms with Gasteiger partial charge in [-0.3, -0.25) is 14.5 Å². The van der Waals surface area contributed by atoms with Crippen LogP contribution in [0.25, 0.3) is 0 Å². The summed E-state index contributed by atoms with van der Waals surface area (Å²) in [5.74, 6) is 0.420. The van der Waals surface area contributed by atoms with Crippen LogP contribution < -0.4 is 10.6 Å². The van der Waals surface area contributed by atoms with E-state index in [9.17, 15) is 14.4 Å². The molecule has 176 valence electrons. The molecule has 2 N–H and O–H groups in total. The first-order valence-electron chi connectivity index (χ1n) is 11.9. The van der Waals surface area contributed by atoms with E-state index in [0.717, 1.165) is 34.6 Å². The van der Waals surface area contributed by atoms with Gasteiger partial charge in [0.25, 0.3) is 5.91 Å². The molecule has 1 saturated carbocycles. The summed E-state index contributed by atoms with van der Waals surface area (Å²) < 4.78 is 0. The summed E-state index contributed by atoms with van der Waals surface area (Å²) in [6.07, 6.45) is 4.14. The smallest absolute Gasteiger partial charge is 0.325 e. The summed E-state index contributed by atoms with van der Waals surface area (Å²) in [4.78, 5) is 40.8. The van der Waals surface area contributed by atoms with Gasteiger partial charge < -0.3 is 10.6 Å². The molecule has 7 heteroatoms. The fourth-order valence-electron chi connectivity index (χ4n) is 4.79. The van der Waals surface area contributed by atoms with E-state index in [-0.39, 0.29) is 24.4 Å². The van der Waals surface area contributed by atoms with E-state index in [1.165, 1.54) is 5.56 Å². The SMILES string of the molecule is CCC(C)c1ccc(C(NC(=O)CN2C(=O)NC3(CCC(C)CC3)C2=O)c2cccs2)cc1. The van der Waals surface area contributed by atoms with Crippen LogP contribution in [0.4, 0.5) is 4.79 Å². The van der Waals surface area contributed by atoms with Crippen LogP contribution in [-0.4, -0.2) is 34.8 Å². The molecule has 4 rings (SSSR count). The predicted molar refractivity (Wildman–Crippen MR) is 130 cm³/mol. The van der Waals surface area contributed by atoms with Crippen molar-refractivity contribution in [3.05, 3.63) is 57.8 Å². The van der Waals surface area contributed by atoms with Crippen molar-refractivity contribution in [3.63, 3.8) is 0 Å². The summed E-state index contributed by atoms with van der Waals surface area (Å²) in [6, 6.07) is 11.5. The molecule has 6 nitrogen and oxygen atoms in total. The van der Waals surface area contributed by atoms with Gasteiger partial charge in [-0.2, -0.15) is 0 Å². The van der Waals surface area contributed by atoms with Crippen LogP contribution in [-0.2, 0) is 9.59 Å². The third-order valence-corrected chi connectivity index (χ3v) is 8.20. The highest BCUT2D eigenvalue weighted by molar-refractivity contribution is 7.10. The van der Waals surface area contributed by atoms with Crippen molar-refractivity contribution in [3.8, 4) is 0 Å². The number of nitrogens with zero attached hydrogens (tertiary/aromatic N) is 1. The highest BCUT2D eigenvalue weighted by Crippen LogP contribution is 2.36. The second-order valence-corrected chi connectivity index (χ2v) is 10.6. The Morgan fingerprint density at radius 2 is 1.85 bits per heavy atom. The normalized spacial score (nSPS) is 24.6. The second kappa shape index (κ2) is 9.67. The number of carbonyl (C=O) groups excluding carboxylic acids is 3. The molecule has 4 amide bonds. The van der Waals surface area contributed by atoms with Crippen LogP contribution in [0.5, 0.6) is 0 Å². The topological polar surface area (TPSA) is 78.5 Å². The zero-order valence-electron chi connectivity index (χ0n) is 19.6.